The fourth-order valence-corrected chi connectivity index (χ4v) is 2.55. The summed E-state index contributed by atoms with van der Waals surface area (Å²) in [6, 6.07) is 13.5. The van der Waals surface area contributed by atoms with Crippen LogP contribution in [0.2, 0.25) is 0 Å². The predicted molar refractivity (Wildman–Crippen MR) is 105 cm³/mol. The summed E-state index contributed by atoms with van der Waals surface area (Å²) in [7, 11) is 0. The zero-order valence-electron chi connectivity index (χ0n) is 14.9. The number of amidine groups is 1. The molecule has 1 aliphatic heterocycles. The van der Waals surface area contributed by atoms with Gasteiger partial charge in [-0.3, -0.25) is 20.5 Å². The smallest absolute Gasteiger partial charge is 0.282 e. The van der Waals surface area contributed by atoms with Crippen LogP contribution < -0.4 is 14.9 Å². The van der Waals surface area contributed by atoms with Crippen molar-refractivity contribution in [2.24, 2.45) is 10.1 Å². The van der Waals surface area contributed by atoms with E-state index in [2.05, 4.69) is 25.5 Å². The average molecular weight is 390 g/mol. The number of fused-ring (bicyclic) bond motifs is 1. The van der Waals surface area contributed by atoms with Gasteiger partial charge in [0.1, 0.15) is 5.69 Å². The molecule has 4 rings (SSSR count). The monoisotopic (exact) mass is 390 g/mol. The number of benzene rings is 1. The minimum atomic E-state index is -0.509. The van der Waals surface area contributed by atoms with E-state index in [1.165, 1.54) is 18.3 Å². The molecule has 10 nitrogen and oxygen atoms in total. The first-order valence-electron chi connectivity index (χ1n) is 8.49. The first-order valence-corrected chi connectivity index (χ1v) is 8.49. The van der Waals surface area contributed by atoms with E-state index in [-0.39, 0.29) is 18.0 Å². The molecule has 0 bridgehead atoms. The van der Waals surface area contributed by atoms with Crippen LogP contribution in [0.15, 0.2) is 71.0 Å². The van der Waals surface area contributed by atoms with Gasteiger partial charge in [0.05, 0.1) is 22.8 Å². The number of rotatable bonds is 5. The third-order valence-corrected chi connectivity index (χ3v) is 3.88. The normalized spacial score (nSPS) is 12.9. The van der Waals surface area contributed by atoms with Crippen LogP contribution in [0.4, 0.5) is 11.5 Å². The summed E-state index contributed by atoms with van der Waals surface area (Å²) in [5.74, 6) is 1.55. The summed E-state index contributed by atoms with van der Waals surface area (Å²) in [6.45, 7) is 0.0197. The van der Waals surface area contributed by atoms with Crippen molar-refractivity contribution in [2.45, 2.75) is 0 Å². The van der Waals surface area contributed by atoms with Crippen LogP contribution in [0.5, 0.6) is 11.5 Å². The van der Waals surface area contributed by atoms with Gasteiger partial charge in [-0.05, 0) is 30.3 Å². The zero-order valence-corrected chi connectivity index (χ0v) is 14.9. The first-order chi connectivity index (χ1) is 14.2. The standard InChI is InChI=1S/C19H14N6O4/c26-25(27)15-10-17-16(28-12-29-17)9-13(15)11-22-24-19(14-5-1-3-7-20-14)23-18-6-2-4-8-21-18/h1-11H,12H2,(H,21,23,24)/b22-11-. The average Bonchev–Trinajstić information content (AvgIpc) is 3.21. The zero-order chi connectivity index (χ0) is 20.1. The van der Waals surface area contributed by atoms with E-state index in [1.54, 1.807) is 42.7 Å². The minimum Gasteiger partial charge on any atom is -0.454 e. The molecule has 0 radical (unpaired) electrons. The number of pyridine rings is 2. The van der Waals surface area contributed by atoms with Crippen molar-refractivity contribution in [3.63, 3.8) is 0 Å². The number of hydrazone groups is 1. The van der Waals surface area contributed by atoms with Gasteiger partial charge >= 0.3 is 0 Å². The summed E-state index contributed by atoms with van der Waals surface area (Å²) < 4.78 is 10.5. The fourth-order valence-electron chi connectivity index (χ4n) is 2.55. The second kappa shape index (κ2) is 8.13. The lowest BCUT2D eigenvalue weighted by molar-refractivity contribution is -0.385. The third kappa shape index (κ3) is 4.16. The Morgan fingerprint density at radius 2 is 1.86 bits per heavy atom. The lowest BCUT2D eigenvalue weighted by Crippen LogP contribution is -2.20. The Kier molecular flexibility index (Phi) is 5.06. The number of nitro groups is 1. The van der Waals surface area contributed by atoms with Crippen LogP contribution in [-0.2, 0) is 0 Å². The Balaban J connectivity index is 1.64. The number of aromatic nitrogens is 2. The highest BCUT2D eigenvalue weighted by Gasteiger charge is 2.22. The number of aliphatic imine (C=N–C) groups is 1. The second-order valence-corrected chi connectivity index (χ2v) is 5.75. The molecule has 1 N–H and O–H groups in total. The maximum Gasteiger partial charge on any atom is 0.282 e. The Labute approximate surface area is 164 Å². The van der Waals surface area contributed by atoms with Gasteiger partial charge in [-0.2, -0.15) is 5.10 Å². The number of hydrogen-bond acceptors (Lipinski definition) is 8. The lowest BCUT2D eigenvalue weighted by Gasteiger charge is -2.05. The van der Waals surface area contributed by atoms with E-state index < -0.39 is 4.92 Å². The van der Waals surface area contributed by atoms with E-state index in [4.69, 9.17) is 9.47 Å². The van der Waals surface area contributed by atoms with E-state index >= 15 is 0 Å². The molecule has 0 spiro atoms. The van der Waals surface area contributed by atoms with Crippen LogP contribution in [0.25, 0.3) is 0 Å². The van der Waals surface area contributed by atoms with Crippen molar-refractivity contribution in [1.29, 1.82) is 0 Å². The maximum atomic E-state index is 11.4. The molecule has 3 heterocycles. The van der Waals surface area contributed by atoms with Crippen LogP contribution in [-0.4, -0.2) is 33.7 Å². The van der Waals surface area contributed by atoms with E-state index in [9.17, 15) is 10.1 Å². The van der Waals surface area contributed by atoms with Gasteiger partial charge in [-0.1, -0.05) is 12.1 Å². The SMILES string of the molecule is O=[N+]([O-])c1cc2c(cc1/C=N\NC(=Nc1ccccn1)c1ccccn1)OCO2. The molecule has 1 aliphatic rings. The van der Waals surface area contributed by atoms with Crippen LogP contribution in [0.1, 0.15) is 11.3 Å². The van der Waals surface area contributed by atoms with Crippen molar-refractivity contribution in [3.8, 4) is 11.5 Å². The van der Waals surface area contributed by atoms with E-state index in [1.807, 2.05) is 6.07 Å². The van der Waals surface area contributed by atoms with Crippen LogP contribution in [0, 0.1) is 10.1 Å². The quantitative estimate of drug-likeness (QED) is 0.307. The Hall–Kier alpha value is -4.34. The Morgan fingerprint density at radius 3 is 2.55 bits per heavy atom. The van der Waals surface area contributed by atoms with Gasteiger partial charge in [0.25, 0.3) is 5.69 Å². The minimum absolute atomic E-state index is 0.0197. The largest absolute Gasteiger partial charge is 0.454 e. The van der Waals surface area contributed by atoms with Crippen molar-refractivity contribution in [3.05, 3.63) is 82.3 Å². The highest BCUT2D eigenvalue weighted by molar-refractivity contribution is 5.99. The molecule has 3 aromatic rings. The van der Waals surface area contributed by atoms with Crippen molar-refractivity contribution in [2.75, 3.05) is 6.79 Å². The number of nitrogens with zero attached hydrogens (tertiary/aromatic N) is 5. The molecule has 0 aliphatic carbocycles. The first kappa shape index (κ1) is 18.0. The number of nitrogens with one attached hydrogen (secondary N) is 1. The molecular weight excluding hydrogens is 376 g/mol. The number of nitro benzene ring substituents is 1. The van der Waals surface area contributed by atoms with E-state index in [0.29, 0.717) is 28.8 Å². The Bertz CT molecular complexity index is 1090. The summed E-state index contributed by atoms with van der Waals surface area (Å²) in [4.78, 5) is 23.7. The molecule has 144 valence electrons. The Morgan fingerprint density at radius 1 is 1.10 bits per heavy atom. The molecule has 2 aromatic heterocycles. The molecule has 0 unspecified atom stereocenters. The third-order valence-electron chi connectivity index (χ3n) is 3.88. The molecule has 10 heteroatoms. The second-order valence-electron chi connectivity index (χ2n) is 5.75. The van der Waals surface area contributed by atoms with Gasteiger partial charge in [-0.15, -0.1) is 0 Å². The van der Waals surface area contributed by atoms with Gasteiger partial charge in [0.2, 0.25) is 6.79 Å². The molecule has 0 saturated heterocycles. The molecular formula is C19H14N6O4. The van der Waals surface area contributed by atoms with Crippen LogP contribution >= 0.6 is 0 Å². The summed E-state index contributed by atoms with van der Waals surface area (Å²) in [5, 5.41) is 15.5. The van der Waals surface area contributed by atoms with E-state index in [0.717, 1.165) is 0 Å². The topological polar surface area (TPSA) is 124 Å². The molecule has 1 aromatic carbocycles. The molecule has 0 atom stereocenters. The maximum absolute atomic E-state index is 11.4. The molecule has 29 heavy (non-hydrogen) atoms. The summed E-state index contributed by atoms with van der Waals surface area (Å²) in [6.07, 6.45) is 4.56. The molecule has 0 fully saturated rings. The molecule has 0 amide bonds. The number of hydrogen-bond donors (Lipinski definition) is 1. The van der Waals surface area contributed by atoms with Gasteiger partial charge in [0, 0.05) is 12.4 Å². The van der Waals surface area contributed by atoms with Gasteiger partial charge in [0.15, 0.2) is 23.2 Å². The fraction of sp³-hybridized carbons (Fsp3) is 0.0526. The predicted octanol–water partition coefficient (Wildman–Crippen LogP) is 2.82. The van der Waals surface area contributed by atoms with Crippen molar-refractivity contribution in [1.82, 2.24) is 15.4 Å². The van der Waals surface area contributed by atoms with Crippen molar-refractivity contribution < 1.29 is 14.4 Å². The highest BCUT2D eigenvalue weighted by atomic mass is 16.7. The van der Waals surface area contributed by atoms with Gasteiger partial charge in [-0.25, -0.2) is 9.98 Å². The summed E-state index contributed by atoms with van der Waals surface area (Å²) >= 11 is 0. The highest BCUT2D eigenvalue weighted by Crippen LogP contribution is 2.37. The van der Waals surface area contributed by atoms with Crippen LogP contribution in [0.3, 0.4) is 0 Å². The summed E-state index contributed by atoms with van der Waals surface area (Å²) in [5.41, 5.74) is 3.43. The van der Waals surface area contributed by atoms with Crippen molar-refractivity contribution >= 4 is 23.6 Å². The number of ether oxygens (including phenoxy) is 2. The molecule has 0 saturated carbocycles. The van der Waals surface area contributed by atoms with Gasteiger partial charge < -0.3 is 9.47 Å². The lowest BCUT2D eigenvalue weighted by atomic mass is 10.1.